The number of benzene rings is 1. The highest BCUT2D eigenvalue weighted by molar-refractivity contribution is 5.45. The van der Waals surface area contributed by atoms with Crippen molar-refractivity contribution in [3.05, 3.63) is 29.3 Å². The maximum Gasteiger partial charge on any atom is 0.292 e. The van der Waals surface area contributed by atoms with Gasteiger partial charge in [-0.15, -0.1) is 5.26 Å². The Balaban J connectivity index is 1.81. The summed E-state index contributed by atoms with van der Waals surface area (Å²) in [7, 11) is 0. The van der Waals surface area contributed by atoms with E-state index >= 15 is 0 Å². The Morgan fingerprint density at radius 2 is 1.95 bits per heavy atom. The van der Waals surface area contributed by atoms with E-state index in [0.29, 0.717) is 5.41 Å². The van der Waals surface area contributed by atoms with Crippen molar-refractivity contribution in [2.45, 2.75) is 64.2 Å². The summed E-state index contributed by atoms with van der Waals surface area (Å²) >= 11 is 0. The maximum absolute atomic E-state index is 9.04. The van der Waals surface area contributed by atoms with Crippen molar-refractivity contribution in [1.82, 2.24) is 0 Å². The second kappa shape index (κ2) is 4.75. The minimum Gasteiger partial charge on any atom is -0.388 e. The van der Waals surface area contributed by atoms with E-state index in [-0.39, 0.29) is 5.41 Å². The molecule has 4 aliphatic rings. The highest BCUT2D eigenvalue weighted by Gasteiger charge is 2.57. The van der Waals surface area contributed by atoms with E-state index in [1.54, 1.807) is 0 Å². The number of hydrogen-bond acceptors (Lipinski definition) is 2. The molecule has 1 aromatic rings. The largest absolute Gasteiger partial charge is 0.388 e. The van der Waals surface area contributed by atoms with Crippen molar-refractivity contribution in [1.29, 1.82) is 5.26 Å². The Kier molecular flexibility index (Phi) is 3.05. The van der Waals surface area contributed by atoms with Gasteiger partial charge in [0, 0.05) is 11.0 Å². The first-order chi connectivity index (χ1) is 10.6. The van der Waals surface area contributed by atoms with Crippen LogP contribution in [0, 0.1) is 35.7 Å². The van der Waals surface area contributed by atoms with Gasteiger partial charge in [0.1, 0.15) is 5.75 Å². The van der Waals surface area contributed by atoms with Crippen LogP contribution in [0.15, 0.2) is 18.2 Å². The minimum absolute atomic E-state index is 0.264. The predicted molar refractivity (Wildman–Crippen MR) is 86.5 cm³/mol. The van der Waals surface area contributed by atoms with Crippen molar-refractivity contribution >= 4 is 0 Å². The van der Waals surface area contributed by atoms with Gasteiger partial charge >= 0.3 is 0 Å². The van der Waals surface area contributed by atoms with Crippen molar-refractivity contribution in [2.24, 2.45) is 17.3 Å². The molecule has 4 aliphatic carbocycles. The van der Waals surface area contributed by atoms with Gasteiger partial charge in [0.05, 0.1) is 0 Å². The molecule has 0 saturated heterocycles. The maximum atomic E-state index is 9.04. The van der Waals surface area contributed by atoms with Crippen LogP contribution in [-0.4, -0.2) is 0 Å². The molecular weight excluding hydrogens is 270 g/mol. The highest BCUT2D eigenvalue weighted by atomic mass is 16.5. The Hall–Kier alpha value is -1.49. The lowest BCUT2D eigenvalue weighted by atomic mass is 9.42. The summed E-state index contributed by atoms with van der Waals surface area (Å²) in [5, 5.41) is 9.04. The van der Waals surface area contributed by atoms with Gasteiger partial charge in [0.2, 0.25) is 0 Å². The van der Waals surface area contributed by atoms with Crippen molar-refractivity contribution in [3.63, 3.8) is 0 Å². The Bertz CT molecular complexity index is 628. The molecule has 0 N–H and O–H groups in total. The minimum atomic E-state index is 0.264. The van der Waals surface area contributed by atoms with E-state index in [9.17, 15) is 0 Å². The van der Waals surface area contributed by atoms with Gasteiger partial charge in [-0.1, -0.05) is 25.5 Å². The molecular formula is C20H25NO. The van der Waals surface area contributed by atoms with E-state index in [0.717, 1.165) is 17.6 Å². The van der Waals surface area contributed by atoms with Crippen LogP contribution in [0.5, 0.6) is 5.75 Å². The standard InChI is InChI=1S/C20H25NO/c1-3-19-8-15-7-16(9-19)11-20(10-15,12-19)17-5-4-14(2)6-18(17)22-13-21/h4-6,15-16H,3,7-12H2,1-2H3. The fourth-order valence-corrected chi connectivity index (χ4v) is 6.38. The molecule has 0 radical (unpaired) electrons. The van der Waals surface area contributed by atoms with Gasteiger partial charge in [-0.25, -0.2) is 0 Å². The molecule has 2 unspecified atom stereocenters. The SMILES string of the molecule is CCC12CC3CC(C1)CC(c1ccc(C)cc1OC#N)(C3)C2. The topological polar surface area (TPSA) is 33.0 Å². The van der Waals surface area contributed by atoms with E-state index in [1.807, 2.05) is 6.26 Å². The fourth-order valence-electron chi connectivity index (χ4n) is 6.38. The first-order valence-corrected chi connectivity index (χ1v) is 8.75. The zero-order valence-electron chi connectivity index (χ0n) is 13.7. The molecule has 0 heterocycles. The van der Waals surface area contributed by atoms with E-state index in [2.05, 4.69) is 32.0 Å². The monoisotopic (exact) mass is 295 g/mol. The molecule has 4 saturated carbocycles. The van der Waals surface area contributed by atoms with Gasteiger partial charge in [-0.05, 0) is 74.3 Å². The third kappa shape index (κ3) is 1.98. The van der Waals surface area contributed by atoms with E-state index < -0.39 is 0 Å². The third-order valence-corrected chi connectivity index (χ3v) is 6.80. The number of nitrogens with zero attached hydrogens (tertiary/aromatic N) is 1. The summed E-state index contributed by atoms with van der Waals surface area (Å²) in [6.07, 6.45) is 11.4. The van der Waals surface area contributed by atoms with E-state index in [4.69, 9.17) is 10.00 Å². The van der Waals surface area contributed by atoms with Crippen LogP contribution in [0.3, 0.4) is 0 Å². The summed E-state index contributed by atoms with van der Waals surface area (Å²) < 4.78 is 5.38. The number of nitriles is 1. The fraction of sp³-hybridized carbons (Fsp3) is 0.650. The highest BCUT2D eigenvalue weighted by Crippen LogP contribution is 2.67. The number of rotatable bonds is 3. The molecule has 0 aliphatic heterocycles. The summed E-state index contributed by atoms with van der Waals surface area (Å²) in [4.78, 5) is 0. The Labute approximate surface area is 133 Å². The molecule has 5 rings (SSSR count). The van der Waals surface area contributed by atoms with Crippen molar-refractivity contribution in [2.75, 3.05) is 0 Å². The summed E-state index contributed by atoms with van der Waals surface area (Å²) in [6.45, 7) is 4.45. The normalized spacial score (nSPS) is 38.8. The van der Waals surface area contributed by atoms with Crippen molar-refractivity contribution < 1.29 is 4.74 Å². The lowest BCUT2D eigenvalue weighted by molar-refractivity contribution is -0.0742. The zero-order chi connectivity index (χ0) is 15.4. The smallest absolute Gasteiger partial charge is 0.292 e. The van der Waals surface area contributed by atoms with Crippen LogP contribution in [0.1, 0.15) is 63.0 Å². The van der Waals surface area contributed by atoms with Crippen LogP contribution in [-0.2, 0) is 5.41 Å². The molecule has 4 bridgehead atoms. The number of aryl methyl sites for hydroxylation is 1. The molecule has 2 heteroatoms. The summed E-state index contributed by atoms with van der Waals surface area (Å²) in [5.41, 5.74) is 3.30. The van der Waals surface area contributed by atoms with Crippen LogP contribution in [0.25, 0.3) is 0 Å². The van der Waals surface area contributed by atoms with Crippen molar-refractivity contribution in [3.8, 4) is 12.0 Å². The van der Waals surface area contributed by atoms with Crippen LogP contribution < -0.4 is 4.74 Å². The third-order valence-electron chi connectivity index (χ3n) is 6.80. The van der Waals surface area contributed by atoms with Gasteiger partial charge in [0.25, 0.3) is 6.26 Å². The van der Waals surface area contributed by atoms with Gasteiger partial charge in [-0.3, -0.25) is 0 Å². The molecule has 0 amide bonds. The lowest BCUT2D eigenvalue weighted by Gasteiger charge is -2.62. The first-order valence-electron chi connectivity index (χ1n) is 8.75. The second-order valence-corrected chi connectivity index (χ2v) is 8.29. The number of ether oxygens (including phenoxy) is 1. The Morgan fingerprint density at radius 3 is 2.59 bits per heavy atom. The zero-order valence-corrected chi connectivity index (χ0v) is 13.7. The average Bonchev–Trinajstić information content (AvgIpc) is 2.46. The van der Waals surface area contributed by atoms with Gasteiger partial charge in [0.15, 0.2) is 0 Å². The average molecular weight is 295 g/mol. The summed E-state index contributed by atoms with van der Waals surface area (Å²) in [5.74, 6) is 2.59. The molecule has 116 valence electrons. The quantitative estimate of drug-likeness (QED) is 0.726. The first kappa shape index (κ1) is 14.1. The molecule has 4 fully saturated rings. The molecule has 2 nitrogen and oxygen atoms in total. The van der Waals surface area contributed by atoms with Gasteiger partial charge in [-0.2, -0.15) is 0 Å². The van der Waals surface area contributed by atoms with Gasteiger partial charge < -0.3 is 4.74 Å². The molecule has 0 spiro atoms. The van der Waals surface area contributed by atoms with E-state index in [1.165, 1.54) is 56.1 Å². The molecule has 1 aromatic carbocycles. The molecule has 22 heavy (non-hydrogen) atoms. The number of hydrogen-bond donors (Lipinski definition) is 0. The molecule has 2 atom stereocenters. The molecule has 0 aromatic heterocycles. The van der Waals surface area contributed by atoms with Crippen LogP contribution >= 0.6 is 0 Å². The predicted octanol–water partition coefficient (Wildman–Crippen LogP) is 5.10. The van der Waals surface area contributed by atoms with Crippen LogP contribution in [0.4, 0.5) is 0 Å². The van der Waals surface area contributed by atoms with Crippen LogP contribution in [0.2, 0.25) is 0 Å². The lowest BCUT2D eigenvalue weighted by Crippen LogP contribution is -2.53. The second-order valence-electron chi connectivity index (χ2n) is 8.29. The Morgan fingerprint density at radius 1 is 1.23 bits per heavy atom. The summed E-state index contributed by atoms with van der Waals surface area (Å²) in [6, 6.07) is 6.49.